The van der Waals surface area contributed by atoms with Crippen LogP contribution >= 0.6 is 11.6 Å². The molecular weight excluding hydrogens is 249 g/mol. The second-order valence-corrected chi connectivity index (χ2v) is 3.62. The summed E-state index contributed by atoms with van der Waals surface area (Å²) in [5.74, 6) is -0.913. The van der Waals surface area contributed by atoms with Crippen molar-refractivity contribution in [1.29, 1.82) is 0 Å². The van der Waals surface area contributed by atoms with E-state index in [1.165, 1.54) is 20.3 Å². The Morgan fingerprint density at radius 1 is 1.47 bits per heavy atom. The molecule has 0 fully saturated rings. The van der Waals surface area contributed by atoms with Gasteiger partial charge in [0.15, 0.2) is 23.1 Å². The molecule has 1 N–H and O–H groups in total. The molecule has 0 aliphatic carbocycles. The van der Waals surface area contributed by atoms with Crippen molar-refractivity contribution in [2.75, 3.05) is 27.8 Å². The number of Topliss-reactive ketones (excluding diaryl/α,β-unsaturated/α-hetero) is 1. The van der Waals surface area contributed by atoms with E-state index in [0.717, 1.165) is 0 Å². The van der Waals surface area contributed by atoms with E-state index >= 15 is 0 Å². The van der Waals surface area contributed by atoms with E-state index in [9.17, 15) is 9.18 Å². The number of ether oxygens (including phenoxy) is 2. The number of carbonyl (C=O) groups excluding carboxylic acids is 1. The third-order valence-corrected chi connectivity index (χ3v) is 2.53. The molecule has 0 atom stereocenters. The minimum atomic E-state index is -0.801. The summed E-state index contributed by atoms with van der Waals surface area (Å²) in [6.07, 6.45) is 0. The Kier molecular flexibility index (Phi) is 4.72. The number of rotatable bonds is 5. The van der Waals surface area contributed by atoms with Gasteiger partial charge in [-0.1, -0.05) is 11.6 Å². The summed E-state index contributed by atoms with van der Waals surface area (Å²) in [4.78, 5) is 11.6. The quantitative estimate of drug-likeness (QED) is 0.823. The minimum Gasteiger partial charge on any atom is -0.493 e. The maximum Gasteiger partial charge on any atom is 0.182 e. The van der Waals surface area contributed by atoms with E-state index in [4.69, 9.17) is 21.1 Å². The van der Waals surface area contributed by atoms with Gasteiger partial charge < -0.3 is 14.8 Å². The number of carbonyl (C=O) groups is 1. The molecule has 17 heavy (non-hydrogen) atoms. The van der Waals surface area contributed by atoms with Crippen LogP contribution in [0.4, 0.5) is 4.39 Å². The fourth-order valence-corrected chi connectivity index (χ4v) is 1.66. The predicted octanol–water partition coefficient (Wildman–Crippen LogP) is 1.90. The van der Waals surface area contributed by atoms with E-state index in [0.29, 0.717) is 0 Å². The summed E-state index contributed by atoms with van der Waals surface area (Å²) in [7, 11) is 4.33. The lowest BCUT2D eigenvalue weighted by molar-refractivity contribution is 0.0989. The van der Waals surface area contributed by atoms with Crippen LogP contribution in [0.2, 0.25) is 5.02 Å². The highest BCUT2D eigenvalue weighted by molar-refractivity contribution is 6.33. The molecule has 0 heterocycles. The maximum absolute atomic E-state index is 13.8. The summed E-state index contributed by atoms with van der Waals surface area (Å²) in [5.41, 5.74) is -0.123. The number of methoxy groups -OCH3 is 2. The molecule has 6 heteroatoms. The lowest BCUT2D eigenvalue weighted by Crippen LogP contribution is -2.20. The molecule has 0 saturated carbocycles. The van der Waals surface area contributed by atoms with E-state index in [2.05, 4.69) is 5.32 Å². The number of likely N-dealkylation sites (N-methyl/N-ethyl adjacent to an activating group) is 1. The fourth-order valence-electron chi connectivity index (χ4n) is 1.39. The van der Waals surface area contributed by atoms with Gasteiger partial charge in [-0.25, -0.2) is 4.39 Å². The number of benzene rings is 1. The zero-order valence-corrected chi connectivity index (χ0v) is 10.5. The van der Waals surface area contributed by atoms with Crippen LogP contribution in [0.25, 0.3) is 0 Å². The SMILES string of the molecule is CNCC(=O)c1cc(OC)c(OC)c(Cl)c1F. The van der Waals surface area contributed by atoms with Gasteiger partial charge >= 0.3 is 0 Å². The predicted molar refractivity (Wildman–Crippen MR) is 62.8 cm³/mol. The molecule has 0 aliphatic rings. The average molecular weight is 262 g/mol. The van der Waals surface area contributed by atoms with Gasteiger partial charge in [0, 0.05) is 0 Å². The van der Waals surface area contributed by atoms with Crippen molar-refractivity contribution < 1.29 is 18.7 Å². The van der Waals surface area contributed by atoms with Crippen LogP contribution in [0, 0.1) is 5.82 Å². The molecule has 0 aliphatic heterocycles. The van der Waals surface area contributed by atoms with Gasteiger partial charge in [0.05, 0.1) is 26.3 Å². The van der Waals surface area contributed by atoms with Crippen LogP contribution in [0.15, 0.2) is 6.07 Å². The summed E-state index contributed by atoms with van der Waals surface area (Å²) in [6.45, 7) is 0.0166. The Morgan fingerprint density at radius 2 is 2.12 bits per heavy atom. The van der Waals surface area contributed by atoms with Crippen molar-refractivity contribution in [1.82, 2.24) is 5.32 Å². The minimum absolute atomic E-state index is 0.0166. The van der Waals surface area contributed by atoms with Crippen LogP contribution in [0.5, 0.6) is 11.5 Å². The molecule has 1 rings (SSSR count). The van der Waals surface area contributed by atoms with Crippen LogP contribution in [-0.2, 0) is 0 Å². The van der Waals surface area contributed by atoms with Gasteiger partial charge in [-0.15, -0.1) is 0 Å². The molecule has 0 spiro atoms. The molecule has 0 aromatic heterocycles. The van der Waals surface area contributed by atoms with E-state index < -0.39 is 11.6 Å². The van der Waals surface area contributed by atoms with Gasteiger partial charge in [-0.2, -0.15) is 0 Å². The standard InChI is InChI=1S/C11H13ClFNO3/c1-14-5-7(15)6-4-8(16-2)11(17-3)9(12)10(6)13/h4,14H,5H2,1-3H3. The Morgan fingerprint density at radius 3 is 2.59 bits per heavy atom. The molecule has 4 nitrogen and oxygen atoms in total. The first-order valence-corrected chi connectivity index (χ1v) is 5.22. The first-order chi connectivity index (χ1) is 8.06. The van der Waals surface area contributed by atoms with Crippen LogP contribution in [0.3, 0.4) is 0 Å². The topological polar surface area (TPSA) is 47.6 Å². The van der Waals surface area contributed by atoms with Gasteiger partial charge in [-0.3, -0.25) is 4.79 Å². The maximum atomic E-state index is 13.8. The van der Waals surface area contributed by atoms with Gasteiger partial charge in [0.25, 0.3) is 0 Å². The molecule has 0 amide bonds. The molecule has 94 valence electrons. The second-order valence-electron chi connectivity index (χ2n) is 3.24. The van der Waals surface area contributed by atoms with Crippen LogP contribution in [-0.4, -0.2) is 33.6 Å². The second kappa shape index (κ2) is 5.84. The number of nitrogens with one attached hydrogen (secondary N) is 1. The smallest absolute Gasteiger partial charge is 0.182 e. The van der Waals surface area contributed by atoms with Crippen LogP contribution < -0.4 is 14.8 Å². The zero-order chi connectivity index (χ0) is 13.0. The first-order valence-electron chi connectivity index (χ1n) is 4.84. The lowest BCUT2D eigenvalue weighted by atomic mass is 10.1. The Hall–Kier alpha value is -1.33. The third-order valence-electron chi connectivity index (χ3n) is 2.19. The number of halogens is 2. The zero-order valence-electron chi connectivity index (χ0n) is 9.77. The van der Waals surface area contributed by atoms with Crippen molar-refractivity contribution in [2.45, 2.75) is 0 Å². The van der Waals surface area contributed by atoms with E-state index in [-0.39, 0.29) is 28.6 Å². The van der Waals surface area contributed by atoms with Crippen molar-refractivity contribution in [3.63, 3.8) is 0 Å². The Balaban J connectivity index is 3.34. The highest BCUT2D eigenvalue weighted by Crippen LogP contribution is 2.38. The highest BCUT2D eigenvalue weighted by atomic mass is 35.5. The highest BCUT2D eigenvalue weighted by Gasteiger charge is 2.21. The Bertz CT molecular complexity index is 437. The van der Waals surface area contributed by atoms with Gasteiger partial charge in [-0.05, 0) is 13.1 Å². The molecule has 0 unspecified atom stereocenters. The molecule has 1 aromatic rings. The third kappa shape index (κ3) is 2.68. The molecule has 1 aromatic carbocycles. The summed E-state index contributed by atoms with van der Waals surface area (Å²) in [5, 5.41) is 2.39. The van der Waals surface area contributed by atoms with E-state index in [1.54, 1.807) is 7.05 Å². The normalized spacial score (nSPS) is 10.2. The van der Waals surface area contributed by atoms with Crippen molar-refractivity contribution in [3.8, 4) is 11.5 Å². The van der Waals surface area contributed by atoms with Crippen LogP contribution in [0.1, 0.15) is 10.4 Å². The van der Waals surface area contributed by atoms with Gasteiger partial charge in [0.1, 0.15) is 5.02 Å². The summed E-state index contributed by atoms with van der Waals surface area (Å²) >= 11 is 5.77. The Labute approximate surface area is 104 Å². The number of hydrogen-bond acceptors (Lipinski definition) is 4. The number of ketones is 1. The van der Waals surface area contributed by atoms with Crippen molar-refractivity contribution >= 4 is 17.4 Å². The van der Waals surface area contributed by atoms with Crippen molar-refractivity contribution in [3.05, 3.63) is 22.5 Å². The molecular formula is C11H13ClFNO3. The fraction of sp³-hybridized carbons (Fsp3) is 0.364. The molecule has 0 radical (unpaired) electrons. The van der Waals surface area contributed by atoms with Gasteiger partial charge in [0.2, 0.25) is 0 Å². The number of hydrogen-bond donors (Lipinski definition) is 1. The largest absolute Gasteiger partial charge is 0.493 e. The molecule has 0 bridgehead atoms. The summed E-state index contributed by atoms with van der Waals surface area (Å²) < 4.78 is 23.7. The van der Waals surface area contributed by atoms with E-state index in [1.807, 2.05) is 0 Å². The first kappa shape index (κ1) is 13.7. The monoisotopic (exact) mass is 261 g/mol. The summed E-state index contributed by atoms with van der Waals surface area (Å²) in [6, 6.07) is 1.28. The molecule has 0 saturated heterocycles. The van der Waals surface area contributed by atoms with Crippen molar-refractivity contribution in [2.24, 2.45) is 0 Å². The average Bonchev–Trinajstić information content (AvgIpc) is 2.32. The lowest BCUT2D eigenvalue weighted by Gasteiger charge is -2.12.